The van der Waals surface area contributed by atoms with Crippen molar-refractivity contribution >= 4 is 5.82 Å². The molecule has 0 fully saturated rings. The zero-order chi connectivity index (χ0) is 14.7. The normalized spacial score (nSPS) is 10.4. The number of hydrogen-bond acceptors (Lipinski definition) is 5. The molecule has 3 N–H and O–H groups in total. The van der Waals surface area contributed by atoms with Crippen molar-refractivity contribution in [1.29, 1.82) is 0 Å². The van der Waals surface area contributed by atoms with E-state index in [1.165, 1.54) is 0 Å². The number of aromatic nitrogens is 3. The van der Waals surface area contributed by atoms with Crippen molar-refractivity contribution in [3.05, 3.63) is 60.4 Å². The Bertz CT molecular complexity index is 738. The Kier molecular flexibility index (Phi) is 3.57. The van der Waals surface area contributed by atoms with Crippen LogP contribution in [-0.4, -0.2) is 15.0 Å². The number of hydrazine groups is 1. The van der Waals surface area contributed by atoms with Gasteiger partial charge < -0.3 is 5.43 Å². The van der Waals surface area contributed by atoms with Gasteiger partial charge in [0.25, 0.3) is 0 Å². The monoisotopic (exact) mass is 277 g/mol. The summed E-state index contributed by atoms with van der Waals surface area (Å²) in [5.74, 6) is 6.68. The summed E-state index contributed by atoms with van der Waals surface area (Å²) in [6, 6.07) is 15.6. The second kappa shape index (κ2) is 5.68. The zero-order valence-electron chi connectivity index (χ0n) is 11.6. The SMILES string of the molecule is Cc1ccc(-c2nc(NN)cc(-c3ccccc3)n2)cn1. The van der Waals surface area contributed by atoms with Gasteiger partial charge in [0, 0.05) is 29.1 Å². The number of nitrogen functional groups attached to an aromatic ring is 1. The van der Waals surface area contributed by atoms with Crippen molar-refractivity contribution in [3.8, 4) is 22.6 Å². The van der Waals surface area contributed by atoms with Crippen LogP contribution in [0.15, 0.2) is 54.7 Å². The average molecular weight is 277 g/mol. The molecule has 0 aliphatic rings. The lowest BCUT2D eigenvalue weighted by molar-refractivity contribution is 1.13. The molecule has 2 aromatic heterocycles. The Morgan fingerprint density at radius 2 is 1.76 bits per heavy atom. The lowest BCUT2D eigenvalue weighted by atomic mass is 10.1. The largest absolute Gasteiger partial charge is 0.308 e. The molecule has 104 valence electrons. The smallest absolute Gasteiger partial charge is 0.163 e. The van der Waals surface area contributed by atoms with Gasteiger partial charge in [0.05, 0.1) is 5.69 Å². The van der Waals surface area contributed by atoms with Crippen molar-refractivity contribution in [1.82, 2.24) is 15.0 Å². The van der Waals surface area contributed by atoms with Crippen molar-refractivity contribution < 1.29 is 0 Å². The third kappa shape index (κ3) is 2.88. The molecule has 3 aromatic rings. The lowest BCUT2D eigenvalue weighted by Crippen LogP contribution is -2.10. The quantitative estimate of drug-likeness (QED) is 0.568. The molecule has 0 saturated carbocycles. The molecule has 21 heavy (non-hydrogen) atoms. The zero-order valence-corrected chi connectivity index (χ0v) is 11.6. The van der Waals surface area contributed by atoms with Gasteiger partial charge in [-0.3, -0.25) is 4.98 Å². The van der Waals surface area contributed by atoms with Crippen molar-refractivity contribution in [3.63, 3.8) is 0 Å². The van der Waals surface area contributed by atoms with Crippen LogP contribution >= 0.6 is 0 Å². The molecule has 0 bridgehead atoms. The summed E-state index contributed by atoms with van der Waals surface area (Å²) in [4.78, 5) is 13.3. The first-order valence-electron chi connectivity index (χ1n) is 6.60. The predicted molar refractivity (Wildman–Crippen MR) is 83.2 cm³/mol. The third-order valence-electron chi connectivity index (χ3n) is 3.11. The molecular weight excluding hydrogens is 262 g/mol. The summed E-state index contributed by atoms with van der Waals surface area (Å²) in [5.41, 5.74) is 6.22. The van der Waals surface area contributed by atoms with Crippen LogP contribution in [0.2, 0.25) is 0 Å². The van der Waals surface area contributed by atoms with Crippen LogP contribution in [0.1, 0.15) is 5.69 Å². The van der Waals surface area contributed by atoms with Crippen molar-refractivity contribution in [2.75, 3.05) is 5.43 Å². The molecule has 0 unspecified atom stereocenters. The highest BCUT2D eigenvalue weighted by Crippen LogP contribution is 2.23. The fourth-order valence-electron chi connectivity index (χ4n) is 2.01. The maximum absolute atomic E-state index is 5.51. The van der Waals surface area contributed by atoms with Crippen LogP contribution in [0.5, 0.6) is 0 Å². The molecule has 0 amide bonds. The summed E-state index contributed by atoms with van der Waals surface area (Å²) in [5, 5.41) is 0. The summed E-state index contributed by atoms with van der Waals surface area (Å²) < 4.78 is 0. The van der Waals surface area contributed by atoms with Crippen LogP contribution in [0.3, 0.4) is 0 Å². The Morgan fingerprint density at radius 1 is 0.952 bits per heavy atom. The summed E-state index contributed by atoms with van der Waals surface area (Å²) in [6.07, 6.45) is 1.76. The molecule has 0 spiro atoms. The number of nitrogens with zero attached hydrogens (tertiary/aromatic N) is 3. The molecule has 0 aliphatic carbocycles. The molecule has 0 aliphatic heterocycles. The van der Waals surface area contributed by atoms with E-state index in [0.717, 1.165) is 22.5 Å². The van der Waals surface area contributed by atoms with E-state index in [4.69, 9.17) is 5.84 Å². The Morgan fingerprint density at radius 3 is 2.43 bits per heavy atom. The molecule has 0 saturated heterocycles. The van der Waals surface area contributed by atoms with Gasteiger partial charge in [0.15, 0.2) is 5.82 Å². The van der Waals surface area contributed by atoms with Crippen LogP contribution < -0.4 is 11.3 Å². The van der Waals surface area contributed by atoms with Crippen molar-refractivity contribution in [2.45, 2.75) is 6.92 Å². The number of anilines is 1. The maximum atomic E-state index is 5.51. The minimum atomic E-state index is 0.569. The predicted octanol–water partition coefficient (Wildman–Crippen LogP) is 2.80. The van der Waals surface area contributed by atoms with Gasteiger partial charge >= 0.3 is 0 Å². The molecule has 2 heterocycles. The van der Waals surface area contributed by atoms with Gasteiger partial charge in [-0.1, -0.05) is 30.3 Å². The van der Waals surface area contributed by atoms with E-state index in [1.54, 1.807) is 6.20 Å². The minimum Gasteiger partial charge on any atom is -0.308 e. The molecule has 5 heteroatoms. The van der Waals surface area contributed by atoms with E-state index < -0.39 is 0 Å². The van der Waals surface area contributed by atoms with Gasteiger partial charge in [-0.25, -0.2) is 15.8 Å². The Hall–Kier alpha value is -2.79. The molecule has 0 atom stereocenters. The number of hydrogen-bond donors (Lipinski definition) is 2. The Labute approximate surface area is 122 Å². The summed E-state index contributed by atoms with van der Waals surface area (Å²) in [7, 11) is 0. The highest BCUT2D eigenvalue weighted by Gasteiger charge is 2.08. The van der Waals surface area contributed by atoms with E-state index in [1.807, 2.05) is 55.5 Å². The first kappa shape index (κ1) is 13.2. The maximum Gasteiger partial charge on any atom is 0.163 e. The van der Waals surface area contributed by atoms with E-state index in [-0.39, 0.29) is 0 Å². The lowest BCUT2D eigenvalue weighted by Gasteiger charge is -2.08. The standard InChI is InChI=1S/C16H15N5/c1-11-7-8-13(10-18-11)16-19-14(9-15(20-16)21-17)12-5-3-2-4-6-12/h2-10H,17H2,1H3,(H,19,20,21). The highest BCUT2D eigenvalue weighted by atomic mass is 15.3. The number of pyridine rings is 1. The van der Waals surface area contributed by atoms with E-state index in [2.05, 4.69) is 20.4 Å². The summed E-state index contributed by atoms with van der Waals surface area (Å²) >= 11 is 0. The molecular formula is C16H15N5. The van der Waals surface area contributed by atoms with E-state index in [9.17, 15) is 0 Å². The van der Waals surface area contributed by atoms with Gasteiger partial charge in [-0.15, -0.1) is 0 Å². The second-order valence-electron chi connectivity index (χ2n) is 4.66. The first-order chi connectivity index (χ1) is 10.3. The molecule has 0 radical (unpaired) electrons. The molecule has 5 nitrogen and oxygen atoms in total. The topological polar surface area (TPSA) is 76.7 Å². The summed E-state index contributed by atoms with van der Waals surface area (Å²) in [6.45, 7) is 1.94. The Balaban J connectivity index is 2.11. The van der Waals surface area contributed by atoms with E-state index in [0.29, 0.717) is 11.6 Å². The van der Waals surface area contributed by atoms with E-state index >= 15 is 0 Å². The number of nitrogens with two attached hydrogens (primary N) is 1. The van der Waals surface area contributed by atoms with Gasteiger partial charge in [-0.2, -0.15) is 0 Å². The number of rotatable bonds is 3. The third-order valence-corrected chi connectivity index (χ3v) is 3.11. The van der Waals surface area contributed by atoms with Gasteiger partial charge in [-0.05, 0) is 19.1 Å². The number of benzene rings is 1. The first-order valence-corrected chi connectivity index (χ1v) is 6.60. The van der Waals surface area contributed by atoms with Gasteiger partial charge in [0.2, 0.25) is 0 Å². The molecule has 1 aromatic carbocycles. The highest BCUT2D eigenvalue weighted by molar-refractivity contribution is 5.67. The van der Waals surface area contributed by atoms with Gasteiger partial charge in [0.1, 0.15) is 5.82 Å². The number of aryl methyl sites for hydroxylation is 1. The van der Waals surface area contributed by atoms with Crippen LogP contribution in [-0.2, 0) is 0 Å². The molecule has 3 rings (SSSR count). The van der Waals surface area contributed by atoms with Crippen LogP contribution in [0, 0.1) is 6.92 Å². The van der Waals surface area contributed by atoms with Crippen molar-refractivity contribution in [2.24, 2.45) is 5.84 Å². The fourth-order valence-corrected chi connectivity index (χ4v) is 2.01. The minimum absolute atomic E-state index is 0.569. The second-order valence-corrected chi connectivity index (χ2v) is 4.66. The number of nitrogens with one attached hydrogen (secondary N) is 1. The fraction of sp³-hybridized carbons (Fsp3) is 0.0625. The van der Waals surface area contributed by atoms with Crippen LogP contribution in [0.4, 0.5) is 5.82 Å². The van der Waals surface area contributed by atoms with Crippen LogP contribution in [0.25, 0.3) is 22.6 Å². The average Bonchev–Trinajstić information content (AvgIpc) is 2.56.